The van der Waals surface area contributed by atoms with Crippen LogP contribution >= 0.6 is 21.6 Å². The van der Waals surface area contributed by atoms with Crippen molar-refractivity contribution >= 4 is 51.2 Å². The summed E-state index contributed by atoms with van der Waals surface area (Å²) in [7, 11) is 4.50. The SMILES string of the molecule is COc1ccc(C[C@H]2NC(=O)[C@H]3CSSCC/C=C/[C@H](CC(=O)N[C@H](C(C)C)C(=O)N3)OC(=O)CNC2=O)cc1. The van der Waals surface area contributed by atoms with Gasteiger partial charge < -0.3 is 30.7 Å². The molecular weight excluding hydrogens is 556 g/mol. The number of hydrogen-bond donors (Lipinski definition) is 4. The molecule has 218 valence electrons. The Hall–Kier alpha value is -3.19. The van der Waals surface area contributed by atoms with Crippen LogP contribution in [0.3, 0.4) is 0 Å². The van der Waals surface area contributed by atoms with Gasteiger partial charge >= 0.3 is 5.97 Å². The number of carbonyl (C=O) groups is 5. The number of rotatable bonds is 4. The average Bonchev–Trinajstić information content (AvgIpc) is 2.92. The summed E-state index contributed by atoms with van der Waals surface area (Å²) in [5.41, 5.74) is 0.752. The molecule has 11 nitrogen and oxygen atoms in total. The summed E-state index contributed by atoms with van der Waals surface area (Å²) < 4.78 is 10.7. The number of hydrogen-bond acceptors (Lipinski definition) is 9. The van der Waals surface area contributed by atoms with E-state index in [2.05, 4.69) is 21.3 Å². The summed E-state index contributed by atoms with van der Waals surface area (Å²) >= 11 is 0. The van der Waals surface area contributed by atoms with Crippen LogP contribution in [0.25, 0.3) is 0 Å². The summed E-state index contributed by atoms with van der Waals surface area (Å²) in [5.74, 6) is -1.57. The summed E-state index contributed by atoms with van der Waals surface area (Å²) in [5, 5.41) is 10.8. The van der Waals surface area contributed by atoms with Gasteiger partial charge in [-0.2, -0.15) is 0 Å². The largest absolute Gasteiger partial charge is 0.497 e. The first kappa shape index (κ1) is 31.3. The lowest BCUT2D eigenvalue weighted by molar-refractivity contribution is -0.148. The number of nitrogens with one attached hydrogen (secondary N) is 4. The van der Waals surface area contributed by atoms with E-state index < -0.39 is 60.4 Å². The zero-order valence-corrected chi connectivity index (χ0v) is 24.4. The van der Waals surface area contributed by atoms with Crippen LogP contribution in [0.1, 0.15) is 32.3 Å². The summed E-state index contributed by atoms with van der Waals surface area (Å²) in [4.78, 5) is 65.4. The molecule has 2 aliphatic rings. The molecule has 0 aliphatic carbocycles. The highest BCUT2D eigenvalue weighted by Crippen LogP contribution is 2.24. The third kappa shape index (κ3) is 9.77. The minimum atomic E-state index is -1.04. The van der Waals surface area contributed by atoms with Gasteiger partial charge in [0.1, 0.15) is 36.5 Å². The molecule has 2 heterocycles. The smallest absolute Gasteiger partial charge is 0.326 e. The van der Waals surface area contributed by atoms with E-state index in [4.69, 9.17) is 9.47 Å². The molecule has 1 fully saturated rings. The van der Waals surface area contributed by atoms with Gasteiger partial charge in [0.25, 0.3) is 0 Å². The Balaban J connectivity index is 1.96. The maximum Gasteiger partial charge on any atom is 0.326 e. The minimum absolute atomic E-state index is 0.134. The Morgan fingerprint density at radius 1 is 0.975 bits per heavy atom. The van der Waals surface area contributed by atoms with Crippen molar-refractivity contribution in [1.82, 2.24) is 21.3 Å². The van der Waals surface area contributed by atoms with Crippen molar-refractivity contribution in [3.05, 3.63) is 42.0 Å². The topological polar surface area (TPSA) is 152 Å². The minimum Gasteiger partial charge on any atom is -0.497 e. The number of ether oxygens (including phenoxy) is 2. The highest BCUT2D eigenvalue weighted by Gasteiger charge is 2.32. The number of benzene rings is 1. The maximum atomic E-state index is 13.5. The Morgan fingerprint density at radius 2 is 1.73 bits per heavy atom. The van der Waals surface area contributed by atoms with Gasteiger partial charge in [0.15, 0.2) is 0 Å². The van der Waals surface area contributed by atoms with Crippen LogP contribution in [0.5, 0.6) is 5.75 Å². The summed E-state index contributed by atoms with van der Waals surface area (Å²) in [6.45, 7) is 3.12. The Kier molecular flexibility index (Phi) is 12.2. The standard InChI is InChI=1S/C27H36N4O7S2/c1-16(2)24-27(36)30-21-15-40-39-11-5-4-6-19(13-22(32)31-24)38-23(33)14-28-25(34)20(29-26(21)35)12-17-7-9-18(37-3)10-8-17/h4,6-10,16,19-21,24H,5,11-15H2,1-3H3,(H,28,34)(H,29,35)(H,30,36)(H,31,32)/b6-4+/t19-,20-,21-,24-/m1/s1. The number of carbonyl (C=O) groups excluding carboxylic acids is 5. The summed E-state index contributed by atoms with van der Waals surface area (Å²) in [6.07, 6.45) is 3.18. The van der Waals surface area contributed by atoms with Gasteiger partial charge in [0, 0.05) is 17.9 Å². The van der Waals surface area contributed by atoms with Crippen LogP contribution in [0.4, 0.5) is 0 Å². The molecule has 0 aromatic heterocycles. The lowest BCUT2D eigenvalue weighted by Crippen LogP contribution is -2.59. The highest BCUT2D eigenvalue weighted by atomic mass is 33.1. The predicted octanol–water partition coefficient (Wildman–Crippen LogP) is 1.12. The highest BCUT2D eigenvalue weighted by molar-refractivity contribution is 8.76. The fourth-order valence-corrected chi connectivity index (χ4v) is 6.21. The van der Waals surface area contributed by atoms with E-state index in [0.717, 1.165) is 5.56 Å². The van der Waals surface area contributed by atoms with Crippen LogP contribution in [0, 0.1) is 5.92 Å². The Labute approximate surface area is 241 Å². The lowest BCUT2D eigenvalue weighted by Gasteiger charge is -2.27. The summed E-state index contributed by atoms with van der Waals surface area (Å²) in [6, 6.07) is 4.12. The number of amides is 4. The molecule has 1 aromatic carbocycles. The molecule has 40 heavy (non-hydrogen) atoms. The van der Waals surface area contributed by atoms with Crippen LogP contribution in [-0.4, -0.2) is 79.0 Å². The molecule has 1 aromatic rings. The van der Waals surface area contributed by atoms with E-state index in [1.165, 1.54) is 21.6 Å². The quantitative estimate of drug-likeness (QED) is 0.229. The van der Waals surface area contributed by atoms with Crippen LogP contribution in [0.2, 0.25) is 0 Å². The average molecular weight is 593 g/mol. The maximum absolute atomic E-state index is 13.5. The first-order valence-corrected chi connectivity index (χ1v) is 15.6. The normalized spacial score (nSPS) is 26.4. The molecule has 0 saturated carbocycles. The van der Waals surface area contributed by atoms with Gasteiger partial charge in [-0.15, -0.1) is 0 Å². The number of fused-ring (bicyclic) bond motifs is 7. The van der Waals surface area contributed by atoms with E-state index in [-0.39, 0.29) is 24.5 Å². The molecule has 4 N–H and O–H groups in total. The molecule has 2 bridgehead atoms. The molecular formula is C27H36N4O7S2. The zero-order valence-electron chi connectivity index (χ0n) is 22.8. The van der Waals surface area contributed by atoms with Gasteiger partial charge in [-0.1, -0.05) is 53.6 Å². The Morgan fingerprint density at radius 3 is 2.42 bits per heavy atom. The molecule has 0 radical (unpaired) electrons. The van der Waals surface area contributed by atoms with Crippen molar-refractivity contribution in [1.29, 1.82) is 0 Å². The molecule has 3 rings (SSSR count). The van der Waals surface area contributed by atoms with E-state index in [1.807, 2.05) is 6.08 Å². The second-order valence-electron chi connectivity index (χ2n) is 9.74. The van der Waals surface area contributed by atoms with Crippen LogP contribution < -0.4 is 26.0 Å². The van der Waals surface area contributed by atoms with Crippen molar-refractivity contribution in [2.45, 2.75) is 57.3 Å². The molecule has 2 aliphatic heterocycles. The molecule has 13 heteroatoms. The van der Waals surface area contributed by atoms with E-state index in [1.54, 1.807) is 51.3 Å². The van der Waals surface area contributed by atoms with Gasteiger partial charge in [0.2, 0.25) is 23.6 Å². The molecule has 0 spiro atoms. The number of esters is 1. The first-order chi connectivity index (χ1) is 19.2. The third-order valence-corrected chi connectivity index (χ3v) is 8.69. The molecule has 4 atom stereocenters. The second-order valence-corrected chi connectivity index (χ2v) is 12.4. The number of allylic oxidation sites excluding steroid dienone is 1. The van der Waals surface area contributed by atoms with E-state index in [9.17, 15) is 24.0 Å². The van der Waals surface area contributed by atoms with Crippen molar-refractivity contribution in [3.8, 4) is 5.75 Å². The van der Waals surface area contributed by atoms with Gasteiger partial charge in [-0.25, -0.2) is 0 Å². The third-order valence-electron chi connectivity index (χ3n) is 6.24. The monoisotopic (exact) mass is 592 g/mol. The number of methoxy groups -OCH3 is 1. The van der Waals surface area contributed by atoms with Crippen LogP contribution in [0.15, 0.2) is 36.4 Å². The first-order valence-electron chi connectivity index (χ1n) is 13.1. The fourth-order valence-electron chi connectivity index (χ4n) is 4.05. The van der Waals surface area contributed by atoms with E-state index in [0.29, 0.717) is 17.9 Å². The molecule has 0 unspecified atom stereocenters. The van der Waals surface area contributed by atoms with Gasteiger partial charge in [0.05, 0.1) is 13.5 Å². The van der Waals surface area contributed by atoms with Gasteiger partial charge in [-0.05, 0) is 36.1 Å². The molecule has 4 amide bonds. The lowest BCUT2D eigenvalue weighted by atomic mass is 10.0. The zero-order chi connectivity index (χ0) is 29.1. The second kappa shape index (κ2) is 15.6. The van der Waals surface area contributed by atoms with E-state index >= 15 is 0 Å². The fraction of sp³-hybridized carbons (Fsp3) is 0.519. The van der Waals surface area contributed by atoms with Crippen molar-refractivity contribution < 1.29 is 33.4 Å². The van der Waals surface area contributed by atoms with Gasteiger partial charge in [-0.3, -0.25) is 24.0 Å². The van der Waals surface area contributed by atoms with Crippen LogP contribution in [-0.2, 0) is 35.1 Å². The van der Waals surface area contributed by atoms with Crippen molar-refractivity contribution in [2.75, 3.05) is 25.2 Å². The molecule has 1 saturated heterocycles. The predicted molar refractivity (Wildman–Crippen MR) is 154 cm³/mol. The van der Waals surface area contributed by atoms with Crippen molar-refractivity contribution in [2.24, 2.45) is 5.92 Å². The van der Waals surface area contributed by atoms with Crippen molar-refractivity contribution in [3.63, 3.8) is 0 Å². The Bertz CT molecular complexity index is 1100.